The monoisotopic (exact) mass is 412 g/mol. The second-order valence-corrected chi connectivity index (χ2v) is 7.33. The molecular formula is C25H24N4O2. The van der Waals surface area contributed by atoms with Gasteiger partial charge in [0.2, 0.25) is 11.7 Å². The van der Waals surface area contributed by atoms with E-state index in [4.69, 9.17) is 9.51 Å². The van der Waals surface area contributed by atoms with Crippen LogP contribution in [0.5, 0.6) is 0 Å². The lowest BCUT2D eigenvalue weighted by atomic mass is 10.0. The Morgan fingerprint density at radius 3 is 2.26 bits per heavy atom. The normalized spacial score (nSPS) is 12.0. The molecule has 0 aliphatic heterocycles. The maximum Gasteiger partial charge on any atom is 0.251 e. The van der Waals surface area contributed by atoms with Crippen LogP contribution in [-0.4, -0.2) is 35.0 Å². The number of carbonyl (C=O) groups is 1. The minimum Gasteiger partial charge on any atom is -0.355 e. The van der Waals surface area contributed by atoms with Crippen LogP contribution < -0.4 is 5.32 Å². The van der Waals surface area contributed by atoms with Crippen molar-refractivity contribution in [1.29, 1.82) is 0 Å². The van der Waals surface area contributed by atoms with E-state index >= 15 is 0 Å². The zero-order chi connectivity index (χ0) is 21.6. The van der Waals surface area contributed by atoms with Crippen molar-refractivity contribution in [3.63, 3.8) is 0 Å². The van der Waals surface area contributed by atoms with Gasteiger partial charge >= 0.3 is 0 Å². The first-order valence-corrected chi connectivity index (χ1v) is 10.1. The maximum atomic E-state index is 11.8. The van der Waals surface area contributed by atoms with Crippen molar-refractivity contribution in [1.82, 2.24) is 20.4 Å². The molecule has 0 saturated carbocycles. The summed E-state index contributed by atoms with van der Waals surface area (Å²) in [7, 11) is 3.65. The average molecular weight is 412 g/mol. The van der Waals surface area contributed by atoms with E-state index in [1.165, 1.54) is 0 Å². The fourth-order valence-corrected chi connectivity index (χ4v) is 3.56. The Labute approximate surface area is 181 Å². The highest BCUT2D eigenvalue weighted by Gasteiger charge is 2.26. The molecule has 0 radical (unpaired) electrons. The lowest BCUT2D eigenvalue weighted by molar-refractivity contribution is 0.0963. The van der Waals surface area contributed by atoms with Crippen molar-refractivity contribution in [2.24, 2.45) is 0 Å². The number of rotatable bonds is 7. The average Bonchev–Trinajstić information content (AvgIpc) is 3.30. The molecule has 1 N–H and O–H groups in total. The van der Waals surface area contributed by atoms with Crippen LogP contribution in [0.15, 0.2) is 89.5 Å². The molecule has 0 fully saturated rings. The van der Waals surface area contributed by atoms with E-state index in [0.717, 1.165) is 16.7 Å². The fourth-order valence-electron chi connectivity index (χ4n) is 3.56. The van der Waals surface area contributed by atoms with Gasteiger partial charge in [-0.1, -0.05) is 78.0 Å². The lowest BCUT2D eigenvalue weighted by Gasteiger charge is -2.25. The summed E-state index contributed by atoms with van der Waals surface area (Å²) in [5.74, 6) is 1.01. The van der Waals surface area contributed by atoms with Crippen LogP contribution in [0.4, 0.5) is 0 Å². The van der Waals surface area contributed by atoms with Crippen molar-refractivity contribution in [3.05, 3.63) is 108 Å². The lowest BCUT2D eigenvalue weighted by Crippen LogP contribution is -2.25. The minimum atomic E-state index is -0.204. The Balaban J connectivity index is 1.61. The number of hydrogen-bond acceptors (Lipinski definition) is 5. The third-order valence-corrected chi connectivity index (χ3v) is 5.14. The first kappa shape index (κ1) is 20.5. The molecule has 0 bridgehead atoms. The number of hydrogen-bond donors (Lipinski definition) is 1. The summed E-state index contributed by atoms with van der Waals surface area (Å²) in [5, 5.41) is 6.85. The summed E-state index contributed by atoms with van der Waals surface area (Å²) >= 11 is 0. The molecule has 1 heterocycles. The Morgan fingerprint density at radius 2 is 1.61 bits per heavy atom. The summed E-state index contributed by atoms with van der Waals surface area (Å²) in [4.78, 5) is 18.7. The van der Waals surface area contributed by atoms with Gasteiger partial charge in [0.25, 0.3) is 5.91 Å². The molecule has 6 heteroatoms. The highest BCUT2D eigenvalue weighted by Crippen LogP contribution is 2.29. The van der Waals surface area contributed by atoms with Gasteiger partial charge in [0.15, 0.2) is 0 Å². The molecule has 156 valence electrons. The Morgan fingerprint density at radius 1 is 0.968 bits per heavy atom. The number of carbonyl (C=O) groups excluding carboxylic acids is 1. The quantitative estimate of drug-likeness (QED) is 0.490. The minimum absolute atomic E-state index is 0.0960. The van der Waals surface area contributed by atoms with Crippen LogP contribution in [0.3, 0.4) is 0 Å². The number of aromatic nitrogens is 2. The fraction of sp³-hybridized carbons (Fsp3) is 0.160. The van der Waals surface area contributed by atoms with Gasteiger partial charge in [-0.15, -0.1) is 0 Å². The second kappa shape index (κ2) is 9.36. The third kappa shape index (κ3) is 4.70. The Hall–Kier alpha value is -3.77. The smallest absolute Gasteiger partial charge is 0.251 e. The predicted octanol–water partition coefficient (Wildman–Crippen LogP) is 4.32. The highest BCUT2D eigenvalue weighted by molar-refractivity contribution is 5.93. The van der Waals surface area contributed by atoms with Gasteiger partial charge in [0.1, 0.15) is 6.04 Å². The van der Waals surface area contributed by atoms with Crippen molar-refractivity contribution >= 4 is 5.91 Å². The molecule has 6 nitrogen and oxygen atoms in total. The zero-order valence-electron chi connectivity index (χ0n) is 17.5. The van der Waals surface area contributed by atoms with Crippen LogP contribution in [0.25, 0.3) is 11.4 Å². The molecule has 0 saturated heterocycles. The summed E-state index contributed by atoms with van der Waals surface area (Å²) in [5.41, 5.74) is 3.70. The molecule has 0 aliphatic rings. The van der Waals surface area contributed by atoms with E-state index < -0.39 is 0 Å². The van der Waals surface area contributed by atoms with Crippen LogP contribution in [0.1, 0.15) is 33.4 Å². The standard InChI is InChI=1S/C25H24N4O2/c1-26-24(30)21-15-13-18(14-16-21)17-29(2)22(19-9-5-3-6-10-19)25-27-23(28-31-25)20-11-7-4-8-12-20/h3-16,22H,17H2,1-2H3,(H,26,30)/t22-/m1/s1. The van der Waals surface area contributed by atoms with Crippen molar-refractivity contribution in [3.8, 4) is 11.4 Å². The van der Waals surface area contributed by atoms with E-state index in [1.54, 1.807) is 7.05 Å². The van der Waals surface area contributed by atoms with Gasteiger partial charge in [0, 0.05) is 24.7 Å². The van der Waals surface area contributed by atoms with Gasteiger partial charge in [-0.25, -0.2) is 0 Å². The topological polar surface area (TPSA) is 71.3 Å². The van der Waals surface area contributed by atoms with Crippen molar-refractivity contribution in [2.75, 3.05) is 14.1 Å². The molecule has 0 unspecified atom stereocenters. The summed E-state index contributed by atoms with van der Waals surface area (Å²) in [6, 6.07) is 27.3. The summed E-state index contributed by atoms with van der Waals surface area (Å²) in [6.07, 6.45) is 0. The van der Waals surface area contributed by atoms with E-state index in [9.17, 15) is 4.79 Å². The van der Waals surface area contributed by atoms with Crippen LogP contribution in [0.2, 0.25) is 0 Å². The highest BCUT2D eigenvalue weighted by atomic mass is 16.5. The summed E-state index contributed by atoms with van der Waals surface area (Å²) in [6.45, 7) is 0.649. The SMILES string of the molecule is CNC(=O)c1ccc(CN(C)[C@H](c2ccccc2)c2nc(-c3ccccc3)no2)cc1. The van der Waals surface area contributed by atoms with E-state index in [2.05, 4.69) is 27.5 Å². The largest absolute Gasteiger partial charge is 0.355 e. The number of nitrogens with zero attached hydrogens (tertiary/aromatic N) is 3. The molecule has 4 aromatic rings. The van der Waals surface area contributed by atoms with Crippen LogP contribution in [-0.2, 0) is 6.54 Å². The summed E-state index contributed by atoms with van der Waals surface area (Å²) < 4.78 is 5.70. The maximum absolute atomic E-state index is 11.8. The molecule has 0 spiro atoms. The molecular weight excluding hydrogens is 388 g/mol. The van der Waals surface area contributed by atoms with E-state index in [1.807, 2.05) is 79.8 Å². The first-order valence-electron chi connectivity index (χ1n) is 10.1. The molecule has 4 rings (SSSR count). The molecule has 0 aliphatic carbocycles. The zero-order valence-corrected chi connectivity index (χ0v) is 17.5. The van der Waals surface area contributed by atoms with Crippen molar-refractivity contribution < 1.29 is 9.32 Å². The molecule has 1 amide bonds. The molecule has 1 aromatic heterocycles. The van der Waals surface area contributed by atoms with Crippen molar-refractivity contribution in [2.45, 2.75) is 12.6 Å². The van der Waals surface area contributed by atoms with E-state index in [0.29, 0.717) is 23.8 Å². The van der Waals surface area contributed by atoms with Gasteiger partial charge < -0.3 is 9.84 Å². The van der Waals surface area contributed by atoms with Gasteiger partial charge in [-0.2, -0.15) is 4.98 Å². The van der Waals surface area contributed by atoms with Crippen LogP contribution in [0, 0.1) is 0 Å². The molecule has 3 aromatic carbocycles. The molecule has 31 heavy (non-hydrogen) atoms. The second-order valence-electron chi connectivity index (χ2n) is 7.33. The van der Waals surface area contributed by atoms with Gasteiger partial charge in [-0.05, 0) is 30.3 Å². The number of amides is 1. The molecule has 1 atom stereocenters. The predicted molar refractivity (Wildman–Crippen MR) is 119 cm³/mol. The Kier molecular flexibility index (Phi) is 6.19. The van der Waals surface area contributed by atoms with Gasteiger partial charge in [0.05, 0.1) is 0 Å². The Bertz CT molecular complexity index is 1130. The van der Waals surface area contributed by atoms with E-state index in [-0.39, 0.29) is 11.9 Å². The van der Waals surface area contributed by atoms with Crippen LogP contribution >= 0.6 is 0 Å². The number of nitrogens with one attached hydrogen (secondary N) is 1. The third-order valence-electron chi connectivity index (χ3n) is 5.14. The first-order chi connectivity index (χ1) is 15.2. The number of benzene rings is 3. The van der Waals surface area contributed by atoms with Gasteiger partial charge in [-0.3, -0.25) is 9.69 Å².